The van der Waals surface area contributed by atoms with Gasteiger partial charge in [-0.05, 0) is 51.3 Å². The monoisotopic (exact) mass is 321 g/mol. The molecule has 1 N–H and O–H groups in total. The van der Waals surface area contributed by atoms with E-state index in [0.29, 0.717) is 19.8 Å². The van der Waals surface area contributed by atoms with E-state index in [1.165, 1.54) is 0 Å². The average molecular weight is 321 g/mol. The molecule has 2 atom stereocenters. The number of aliphatic hydroxyl groups is 1. The molecule has 0 bridgehead atoms. The zero-order valence-corrected chi connectivity index (χ0v) is 14.6. The van der Waals surface area contributed by atoms with E-state index in [2.05, 4.69) is 0 Å². The predicted octanol–water partition coefficient (Wildman–Crippen LogP) is 2.97. The lowest BCUT2D eigenvalue weighted by Gasteiger charge is -2.39. The van der Waals surface area contributed by atoms with Crippen molar-refractivity contribution >= 4 is 6.09 Å². The molecule has 1 heterocycles. The first-order chi connectivity index (χ1) is 10.7. The molecule has 0 radical (unpaired) electrons. The Kier molecular flexibility index (Phi) is 5.32. The smallest absolute Gasteiger partial charge is 0.410 e. The SMILES string of the molecule is Cc1cccc(C(O)C2COCCN2C(=O)OC(C)(C)C)c1C. The molecule has 2 rings (SSSR count). The number of aryl methyl sites for hydroxylation is 1. The fourth-order valence-corrected chi connectivity index (χ4v) is 2.73. The number of hydrogen-bond donors (Lipinski definition) is 1. The average Bonchev–Trinajstić information content (AvgIpc) is 2.47. The zero-order valence-electron chi connectivity index (χ0n) is 14.6. The molecule has 128 valence electrons. The van der Waals surface area contributed by atoms with Crippen LogP contribution < -0.4 is 0 Å². The number of nitrogens with zero attached hydrogens (tertiary/aromatic N) is 1. The van der Waals surface area contributed by atoms with Gasteiger partial charge >= 0.3 is 6.09 Å². The molecule has 2 unspecified atom stereocenters. The molecule has 1 fully saturated rings. The van der Waals surface area contributed by atoms with E-state index in [0.717, 1.165) is 16.7 Å². The number of benzene rings is 1. The van der Waals surface area contributed by atoms with Crippen molar-refractivity contribution in [3.05, 3.63) is 34.9 Å². The van der Waals surface area contributed by atoms with E-state index >= 15 is 0 Å². The van der Waals surface area contributed by atoms with Crippen LogP contribution >= 0.6 is 0 Å². The molecule has 5 heteroatoms. The predicted molar refractivity (Wildman–Crippen MR) is 88.4 cm³/mol. The first-order valence-electron chi connectivity index (χ1n) is 8.02. The van der Waals surface area contributed by atoms with E-state index in [-0.39, 0.29) is 0 Å². The zero-order chi connectivity index (χ0) is 17.2. The fraction of sp³-hybridized carbons (Fsp3) is 0.611. The third kappa shape index (κ3) is 4.24. The second-order valence-electron chi connectivity index (χ2n) is 7.05. The minimum Gasteiger partial charge on any atom is -0.444 e. The van der Waals surface area contributed by atoms with E-state index in [1.54, 1.807) is 4.90 Å². The molecule has 0 aromatic heterocycles. The second kappa shape index (κ2) is 6.89. The van der Waals surface area contributed by atoms with Crippen molar-refractivity contribution in [2.24, 2.45) is 0 Å². The summed E-state index contributed by atoms with van der Waals surface area (Å²) >= 11 is 0. The molecule has 1 aromatic carbocycles. The van der Waals surface area contributed by atoms with Crippen molar-refractivity contribution in [3.63, 3.8) is 0 Å². The lowest BCUT2D eigenvalue weighted by molar-refractivity contribution is -0.0674. The number of rotatable bonds is 2. The van der Waals surface area contributed by atoms with Crippen LogP contribution in [0, 0.1) is 13.8 Å². The number of amides is 1. The van der Waals surface area contributed by atoms with Crippen molar-refractivity contribution in [3.8, 4) is 0 Å². The van der Waals surface area contributed by atoms with Crippen molar-refractivity contribution < 1.29 is 19.4 Å². The van der Waals surface area contributed by atoms with E-state index < -0.39 is 23.8 Å². The lowest BCUT2D eigenvalue weighted by Crippen LogP contribution is -2.52. The summed E-state index contributed by atoms with van der Waals surface area (Å²) in [5.74, 6) is 0. The highest BCUT2D eigenvalue weighted by Gasteiger charge is 2.36. The van der Waals surface area contributed by atoms with Gasteiger partial charge in [-0.15, -0.1) is 0 Å². The van der Waals surface area contributed by atoms with Crippen LogP contribution in [0.25, 0.3) is 0 Å². The number of carbonyl (C=O) groups excluding carboxylic acids is 1. The van der Waals surface area contributed by atoms with E-state index in [1.807, 2.05) is 52.8 Å². The van der Waals surface area contributed by atoms with Crippen LogP contribution in [0.4, 0.5) is 4.79 Å². The molecule has 0 aliphatic carbocycles. The Hall–Kier alpha value is -1.59. The van der Waals surface area contributed by atoms with Crippen LogP contribution in [0.15, 0.2) is 18.2 Å². The molecule has 0 spiro atoms. The number of morpholine rings is 1. The van der Waals surface area contributed by atoms with Crippen molar-refractivity contribution in [1.82, 2.24) is 4.90 Å². The number of hydrogen-bond acceptors (Lipinski definition) is 4. The van der Waals surface area contributed by atoms with Gasteiger partial charge < -0.3 is 14.6 Å². The third-order valence-corrected chi connectivity index (χ3v) is 4.12. The largest absolute Gasteiger partial charge is 0.444 e. The van der Waals surface area contributed by atoms with Gasteiger partial charge in [0.1, 0.15) is 11.7 Å². The second-order valence-corrected chi connectivity index (χ2v) is 7.05. The molecule has 1 aromatic rings. The van der Waals surface area contributed by atoms with Gasteiger partial charge in [0.25, 0.3) is 0 Å². The molecule has 23 heavy (non-hydrogen) atoms. The maximum atomic E-state index is 12.4. The molecule has 1 amide bonds. The Bertz CT molecular complexity index is 565. The van der Waals surface area contributed by atoms with Crippen LogP contribution in [-0.2, 0) is 9.47 Å². The number of aliphatic hydroxyl groups excluding tert-OH is 1. The van der Waals surface area contributed by atoms with Crippen LogP contribution in [0.1, 0.15) is 43.6 Å². The molecular formula is C18H27NO4. The number of ether oxygens (including phenoxy) is 2. The summed E-state index contributed by atoms with van der Waals surface area (Å²) in [6, 6.07) is 5.38. The topological polar surface area (TPSA) is 59.0 Å². The van der Waals surface area contributed by atoms with Gasteiger partial charge in [0.2, 0.25) is 0 Å². The van der Waals surface area contributed by atoms with Crippen LogP contribution in [0.3, 0.4) is 0 Å². The normalized spacial score (nSPS) is 20.3. The van der Waals surface area contributed by atoms with Crippen molar-refractivity contribution in [1.29, 1.82) is 0 Å². The highest BCUT2D eigenvalue weighted by atomic mass is 16.6. The maximum Gasteiger partial charge on any atom is 0.410 e. The van der Waals surface area contributed by atoms with Crippen LogP contribution in [0.2, 0.25) is 0 Å². The summed E-state index contributed by atoms with van der Waals surface area (Å²) in [7, 11) is 0. The van der Waals surface area contributed by atoms with Gasteiger partial charge in [-0.1, -0.05) is 18.2 Å². The molecular weight excluding hydrogens is 294 g/mol. The molecule has 5 nitrogen and oxygen atoms in total. The van der Waals surface area contributed by atoms with Crippen molar-refractivity contribution in [2.45, 2.75) is 52.4 Å². The highest BCUT2D eigenvalue weighted by Crippen LogP contribution is 2.28. The van der Waals surface area contributed by atoms with Gasteiger partial charge in [-0.3, -0.25) is 4.90 Å². The summed E-state index contributed by atoms with van der Waals surface area (Å²) in [6.45, 7) is 10.7. The van der Waals surface area contributed by atoms with Gasteiger partial charge in [0.05, 0.1) is 19.3 Å². The Balaban J connectivity index is 2.23. The first kappa shape index (κ1) is 17.8. The van der Waals surface area contributed by atoms with Crippen LogP contribution in [-0.4, -0.2) is 47.5 Å². The molecule has 1 saturated heterocycles. The summed E-state index contributed by atoms with van der Waals surface area (Å²) in [5.41, 5.74) is 2.41. The van der Waals surface area contributed by atoms with E-state index in [4.69, 9.17) is 9.47 Å². The highest BCUT2D eigenvalue weighted by molar-refractivity contribution is 5.69. The summed E-state index contributed by atoms with van der Waals surface area (Å²) in [5, 5.41) is 10.8. The van der Waals surface area contributed by atoms with Crippen molar-refractivity contribution in [2.75, 3.05) is 19.8 Å². The fourth-order valence-electron chi connectivity index (χ4n) is 2.73. The van der Waals surface area contributed by atoms with Gasteiger partial charge in [-0.25, -0.2) is 4.79 Å². The summed E-state index contributed by atoms with van der Waals surface area (Å²) in [6.07, 6.45) is -1.21. The Morgan fingerprint density at radius 2 is 2.09 bits per heavy atom. The standard InChI is InChI=1S/C18H27NO4/c1-12-7-6-8-14(13(12)2)16(20)15-11-22-10-9-19(15)17(21)23-18(3,4)5/h6-8,15-16,20H,9-11H2,1-5H3. The minimum absolute atomic E-state index is 0.299. The van der Waals surface area contributed by atoms with Gasteiger partial charge in [-0.2, -0.15) is 0 Å². The molecule has 1 aliphatic rings. The Morgan fingerprint density at radius 3 is 2.74 bits per heavy atom. The first-order valence-corrected chi connectivity index (χ1v) is 8.02. The third-order valence-electron chi connectivity index (χ3n) is 4.12. The molecule has 0 saturated carbocycles. The van der Waals surface area contributed by atoms with Gasteiger partial charge in [0.15, 0.2) is 0 Å². The number of carbonyl (C=O) groups is 1. The minimum atomic E-state index is -0.803. The summed E-state index contributed by atoms with van der Waals surface area (Å²) < 4.78 is 11.0. The molecule has 1 aliphatic heterocycles. The lowest BCUT2D eigenvalue weighted by atomic mass is 9.94. The van der Waals surface area contributed by atoms with E-state index in [9.17, 15) is 9.90 Å². The quantitative estimate of drug-likeness (QED) is 0.910. The Morgan fingerprint density at radius 1 is 1.39 bits per heavy atom. The summed E-state index contributed by atoms with van der Waals surface area (Å²) in [4.78, 5) is 14.0. The maximum absolute atomic E-state index is 12.4. The Labute approximate surface area is 138 Å². The van der Waals surface area contributed by atoms with Crippen LogP contribution in [0.5, 0.6) is 0 Å². The van der Waals surface area contributed by atoms with Gasteiger partial charge in [0, 0.05) is 6.54 Å².